The van der Waals surface area contributed by atoms with Gasteiger partial charge >= 0.3 is 0 Å². The molecule has 2 aromatic heterocycles. The number of nitrogens with two attached hydrogens (primary N) is 1. The van der Waals surface area contributed by atoms with Crippen LogP contribution in [0.15, 0.2) is 40.5 Å². The lowest BCUT2D eigenvalue weighted by molar-refractivity contribution is 0.413. The maximum absolute atomic E-state index is 8.83. The molecule has 6 nitrogen and oxygen atoms in total. The molecule has 0 saturated heterocycles. The van der Waals surface area contributed by atoms with Crippen LogP contribution in [0, 0.1) is 18.3 Å². The Morgan fingerprint density at radius 1 is 1.30 bits per heavy atom. The summed E-state index contributed by atoms with van der Waals surface area (Å²) in [5, 5.41) is 9.66. The number of pyridine rings is 1. The molecule has 2 N–H and O–H groups in total. The van der Waals surface area contributed by atoms with Gasteiger partial charge in [-0.15, -0.1) is 0 Å². The van der Waals surface area contributed by atoms with Gasteiger partial charge in [-0.3, -0.25) is 0 Å². The fourth-order valence-corrected chi connectivity index (χ4v) is 3.61. The van der Waals surface area contributed by atoms with Crippen LogP contribution < -0.4 is 10.5 Å². The number of rotatable bonds is 6. The van der Waals surface area contributed by atoms with E-state index in [1.165, 1.54) is 0 Å². The highest BCUT2D eigenvalue weighted by Gasteiger charge is 2.15. The lowest BCUT2D eigenvalue weighted by Gasteiger charge is -2.10. The van der Waals surface area contributed by atoms with E-state index in [2.05, 4.69) is 22.5 Å². The zero-order chi connectivity index (χ0) is 19.8. The number of unbranched alkanes of at least 4 members (excludes halogenated alkanes) is 1. The maximum Gasteiger partial charge on any atom is 0.174 e. The van der Waals surface area contributed by atoms with Gasteiger partial charge in [-0.25, -0.2) is 9.97 Å². The van der Waals surface area contributed by atoms with Crippen molar-refractivity contribution < 1.29 is 4.74 Å². The van der Waals surface area contributed by atoms with Crippen molar-refractivity contribution in [3.8, 4) is 11.8 Å². The molecule has 7 heteroatoms. The number of nitriles is 1. The van der Waals surface area contributed by atoms with E-state index in [0.29, 0.717) is 24.3 Å². The van der Waals surface area contributed by atoms with Crippen molar-refractivity contribution in [2.24, 2.45) is 0 Å². The van der Waals surface area contributed by atoms with E-state index in [1.54, 1.807) is 25.1 Å². The van der Waals surface area contributed by atoms with Crippen LogP contribution in [0.3, 0.4) is 0 Å². The zero-order valence-electron chi connectivity index (χ0n) is 16.2. The molecule has 0 aliphatic carbocycles. The highest BCUT2D eigenvalue weighted by molar-refractivity contribution is 7.99. The van der Waals surface area contributed by atoms with Gasteiger partial charge in [-0.1, -0.05) is 31.7 Å². The van der Waals surface area contributed by atoms with E-state index < -0.39 is 0 Å². The van der Waals surface area contributed by atoms with Crippen molar-refractivity contribution in [1.29, 1.82) is 5.26 Å². The topological polar surface area (TPSA) is 89.8 Å². The monoisotopic (exact) mass is 383 g/mol. The minimum atomic E-state index is 0.417. The first-order valence-electron chi connectivity index (χ1n) is 8.94. The number of aromatic nitrogens is 3. The van der Waals surface area contributed by atoms with Crippen LogP contribution >= 0.6 is 11.8 Å². The molecule has 0 atom stereocenters. The molecule has 27 heavy (non-hydrogen) atoms. The Hall–Kier alpha value is -2.72. The number of hydrogen-bond acceptors (Lipinski definition) is 6. The minimum absolute atomic E-state index is 0.417. The summed E-state index contributed by atoms with van der Waals surface area (Å²) in [6, 6.07) is 10.1. The molecule has 0 amide bonds. The molecule has 2 heterocycles. The van der Waals surface area contributed by atoms with Gasteiger partial charge in [-0.05, 0) is 37.1 Å². The van der Waals surface area contributed by atoms with Crippen molar-refractivity contribution in [2.75, 3.05) is 12.8 Å². The number of aryl methyl sites for hydroxylation is 2. The molecule has 0 unspecified atom stereocenters. The number of anilines is 1. The number of hydrogen-bond donors (Lipinski definition) is 1. The molecule has 0 fully saturated rings. The van der Waals surface area contributed by atoms with Crippen LogP contribution in [-0.2, 0) is 6.54 Å². The molecule has 0 saturated carbocycles. The minimum Gasteiger partial charge on any atom is -0.497 e. The Morgan fingerprint density at radius 2 is 2.07 bits per heavy atom. The molecule has 142 valence electrons. The van der Waals surface area contributed by atoms with Crippen LogP contribution in [0.4, 0.5) is 5.82 Å². The third-order valence-electron chi connectivity index (χ3n) is 3.93. The highest BCUT2D eigenvalue weighted by Crippen LogP contribution is 2.35. The van der Waals surface area contributed by atoms with Gasteiger partial charge in [0.15, 0.2) is 11.0 Å². The van der Waals surface area contributed by atoms with E-state index in [1.807, 2.05) is 38.1 Å². The second-order valence-electron chi connectivity index (χ2n) is 5.61. The summed E-state index contributed by atoms with van der Waals surface area (Å²) in [6.45, 7) is 6.76. The van der Waals surface area contributed by atoms with E-state index in [9.17, 15) is 0 Å². The Kier molecular flexibility index (Phi) is 7.50. The first-order chi connectivity index (χ1) is 13.1. The quantitative estimate of drug-likeness (QED) is 0.614. The van der Waals surface area contributed by atoms with Crippen molar-refractivity contribution in [2.45, 2.75) is 50.2 Å². The summed E-state index contributed by atoms with van der Waals surface area (Å²) in [6.07, 6.45) is 2.95. The number of imidazole rings is 1. The molecule has 0 bridgehead atoms. The Balaban J connectivity index is 0.00000126. The van der Waals surface area contributed by atoms with Crippen LogP contribution in [-0.4, -0.2) is 21.6 Å². The summed E-state index contributed by atoms with van der Waals surface area (Å²) >= 11 is 1.57. The standard InChI is InChI=1S/C18H19N5OS.C2H6/c1-12-5-6-13(24-2)11-15(12)25-18-22-16-14(7-9-21-17(16)20)23(18)10-4-3-8-19;1-2/h5-7,9,11H,3-4,10H2,1-2H3,(H2,20,21);1-2H3. The van der Waals surface area contributed by atoms with Crippen molar-refractivity contribution in [1.82, 2.24) is 14.5 Å². The van der Waals surface area contributed by atoms with Gasteiger partial charge in [0.1, 0.15) is 11.3 Å². The van der Waals surface area contributed by atoms with Crippen LogP contribution in [0.1, 0.15) is 32.3 Å². The van der Waals surface area contributed by atoms with Crippen LogP contribution in [0.5, 0.6) is 5.75 Å². The number of fused-ring (bicyclic) bond motifs is 1. The lowest BCUT2D eigenvalue weighted by Crippen LogP contribution is -2.00. The fourth-order valence-electron chi connectivity index (χ4n) is 2.58. The predicted molar refractivity (Wildman–Crippen MR) is 110 cm³/mol. The Bertz CT molecular complexity index is 945. The van der Waals surface area contributed by atoms with Gasteiger partial charge in [0, 0.05) is 24.1 Å². The van der Waals surface area contributed by atoms with Crippen molar-refractivity contribution in [3.63, 3.8) is 0 Å². The van der Waals surface area contributed by atoms with E-state index in [-0.39, 0.29) is 0 Å². The van der Waals surface area contributed by atoms with Crippen molar-refractivity contribution in [3.05, 3.63) is 36.0 Å². The zero-order valence-corrected chi connectivity index (χ0v) is 17.0. The van der Waals surface area contributed by atoms with Gasteiger partial charge in [-0.2, -0.15) is 5.26 Å². The van der Waals surface area contributed by atoms with Gasteiger partial charge in [0.25, 0.3) is 0 Å². The van der Waals surface area contributed by atoms with Crippen molar-refractivity contribution >= 4 is 28.6 Å². The van der Waals surface area contributed by atoms with Crippen LogP contribution in [0.25, 0.3) is 11.0 Å². The molecule has 0 aliphatic rings. The van der Waals surface area contributed by atoms with E-state index >= 15 is 0 Å². The third kappa shape index (κ3) is 4.72. The maximum atomic E-state index is 8.83. The molecular weight excluding hydrogens is 358 g/mol. The smallest absolute Gasteiger partial charge is 0.174 e. The summed E-state index contributed by atoms with van der Waals surface area (Å²) in [5.74, 6) is 1.22. The Morgan fingerprint density at radius 3 is 2.78 bits per heavy atom. The number of ether oxygens (including phenoxy) is 1. The fraction of sp³-hybridized carbons (Fsp3) is 0.350. The van der Waals surface area contributed by atoms with E-state index in [4.69, 9.17) is 20.7 Å². The highest BCUT2D eigenvalue weighted by atomic mass is 32.2. The van der Waals surface area contributed by atoms with Gasteiger partial charge in [0.05, 0.1) is 18.7 Å². The Labute approximate surface area is 164 Å². The predicted octanol–water partition coefficient (Wildman–Crippen LogP) is 4.81. The second kappa shape index (κ2) is 9.83. The SMILES string of the molecule is CC.COc1ccc(C)c(Sc2nc3c(N)nccc3n2CCCC#N)c1. The molecule has 3 aromatic rings. The second-order valence-corrected chi connectivity index (χ2v) is 6.61. The molecular formula is C20H25N5OS. The first kappa shape index (κ1) is 20.6. The molecule has 0 aliphatic heterocycles. The number of benzene rings is 1. The summed E-state index contributed by atoms with van der Waals surface area (Å²) in [5.41, 5.74) is 8.77. The molecule has 0 radical (unpaired) electrons. The summed E-state index contributed by atoms with van der Waals surface area (Å²) in [7, 11) is 1.66. The third-order valence-corrected chi connectivity index (χ3v) is 5.08. The summed E-state index contributed by atoms with van der Waals surface area (Å²) < 4.78 is 7.43. The number of methoxy groups -OCH3 is 1. The van der Waals surface area contributed by atoms with Crippen LogP contribution in [0.2, 0.25) is 0 Å². The van der Waals surface area contributed by atoms with E-state index in [0.717, 1.165) is 33.3 Å². The van der Waals surface area contributed by atoms with Gasteiger partial charge in [0.2, 0.25) is 0 Å². The molecule has 0 spiro atoms. The largest absolute Gasteiger partial charge is 0.497 e. The summed E-state index contributed by atoms with van der Waals surface area (Å²) in [4.78, 5) is 9.90. The average molecular weight is 384 g/mol. The normalized spacial score (nSPS) is 10.2. The molecule has 1 aromatic carbocycles. The first-order valence-corrected chi connectivity index (χ1v) is 9.76. The number of nitrogens with zero attached hydrogens (tertiary/aromatic N) is 4. The average Bonchev–Trinajstić information content (AvgIpc) is 3.04. The van der Waals surface area contributed by atoms with Gasteiger partial charge < -0.3 is 15.0 Å². The molecule has 3 rings (SSSR count). The number of nitrogen functional groups attached to an aromatic ring is 1. The lowest BCUT2D eigenvalue weighted by atomic mass is 10.2.